The van der Waals surface area contributed by atoms with Gasteiger partial charge in [0.25, 0.3) is 0 Å². The molecule has 17 heavy (non-hydrogen) atoms. The average molecular weight is 238 g/mol. The fraction of sp³-hybridized carbons (Fsp3) is 0.833. The van der Waals surface area contributed by atoms with Gasteiger partial charge in [-0.25, -0.2) is 4.68 Å². The third-order valence-corrected chi connectivity index (χ3v) is 3.12. The van der Waals surface area contributed by atoms with E-state index in [0.717, 1.165) is 31.9 Å². The van der Waals surface area contributed by atoms with Crippen LogP contribution in [0.3, 0.4) is 0 Å². The molecule has 1 heterocycles. The second kappa shape index (κ2) is 6.59. The molecule has 1 aromatic rings. The van der Waals surface area contributed by atoms with Gasteiger partial charge in [0.15, 0.2) is 0 Å². The van der Waals surface area contributed by atoms with Crippen LogP contribution in [0.25, 0.3) is 0 Å². The molecule has 0 atom stereocenters. The summed E-state index contributed by atoms with van der Waals surface area (Å²) in [5, 5.41) is 11.2. The monoisotopic (exact) mass is 238 g/mol. The number of anilines is 1. The number of hydrogen-bond donors (Lipinski definition) is 1. The molecule has 0 spiro atoms. The van der Waals surface area contributed by atoms with Crippen molar-refractivity contribution in [3.63, 3.8) is 0 Å². The zero-order valence-corrected chi connectivity index (χ0v) is 10.6. The maximum atomic E-state index is 5.79. The van der Waals surface area contributed by atoms with Crippen molar-refractivity contribution in [2.24, 2.45) is 0 Å². The lowest BCUT2D eigenvalue weighted by molar-refractivity contribution is 0.0658. The molecule has 1 aliphatic rings. The van der Waals surface area contributed by atoms with Crippen molar-refractivity contribution in [1.29, 1.82) is 0 Å². The molecule has 96 valence electrons. The SMILES string of the molecule is CCCn1nncc1NCCOC1CCCC1. The second-order valence-corrected chi connectivity index (χ2v) is 4.55. The van der Waals surface area contributed by atoms with Crippen LogP contribution in [0.1, 0.15) is 39.0 Å². The van der Waals surface area contributed by atoms with Crippen molar-refractivity contribution < 1.29 is 4.74 Å². The summed E-state index contributed by atoms with van der Waals surface area (Å²) < 4.78 is 7.69. The molecule has 0 saturated heterocycles. The van der Waals surface area contributed by atoms with Crippen molar-refractivity contribution in [2.45, 2.75) is 51.7 Å². The number of aryl methyl sites for hydroxylation is 1. The van der Waals surface area contributed by atoms with Crippen LogP contribution in [0.15, 0.2) is 6.20 Å². The van der Waals surface area contributed by atoms with Gasteiger partial charge in [0.2, 0.25) is 0 Å². The van der Waals surface area contributed by atoms with Gasteiger partial charge in [-0.15, -0.1) is 5.10 Å². The molecule has 0 amide bonds. The number of hydrogen-bond acceptors (Lipinski definition) is 4. The molecular formula is C12H22N4O. The average Bonchev–Trinajstić information content (AvgIpc) is 2.96. The first kappa shape index (κ1) is 12.4. The fourth-order valence-corrected chi connectivity index (χ4v) is 2.23. The molecule has 0 bridgehead atoms. The highest BCUT2D eigenvalue weighted by Gasteiger charge is 2.14. The van der Waals surface area contributed by atoms with Gasteiger partial charge in [-0.05, 0) is 19.3 Å². The van der Waals surface area contributed by atoms with E-state index in [0.29, 0.717) is 6.10 Å². The molecule has 5 heteroatoms. The lowest BCUT2D eigenvalue weighted by Gasteiger charge is -2.12. The van der Waals surface area contributed by atoms with E-state index in [1.165, 1.54) is 25.7 Å². The Hall–Kier alpha value is -1.10. The Morgan fingerprint density at radius 3 is 3.06 bits per heavy atom. The highest BCUT2D eigenvalue weighted by molar-refractivity contribution is 5.30. The number of nitrogens with zero attached hydrogens (tertiary/aromatic N) is 3. The third kappa shape index (κ3) is 3.70. The van der Waals surface area contributed by atoms with E-state index >= 15 is 0 Å². The molecule has 0 radical (unpaired) electrons. The predicted molar refractivity (Wildman–Crippen MR) is 67.0 cm³/mol. The second-order valence-electron chi connectivity index (χ2n) is 4.55. The Bertz CT molecular complexity index is 320. The maximum absolute atomic E-state index is 5.79. The topological polar surface area (TPSA) is 52.0 Å². The largest absolute Gasteiger partial charge is 0.376 e. The molecule has 1 fully saturated rings. The molecule has 0 aromatic carbocycles. The van der Waals surface area contributed by atoms with Crippen molar-refractivity contribution in [3.8, 4) is 0 Å². The van der Waals surface area contributed by atoms with Crippen molar-refractivity contribution in [1.82, 2.24) is 15.0 Å². The van der Waals surface area contributed by atoms with Gasteiger partial charge >= 0.3 is 0 Å². The zero-order valence-electron chi connectivity index (χ0n) is 10.6. The summed E-state index contributed by atoms with van der Waals surface area (Å²) in [6.07, 6.45) is 8.44. The summed E-state index contributed by atoms with van der Waals surface area (Å²) in [4.78, 5) is 0. The van der Waals surface area contributed by atoms with Crippen LogP contribution in [0, 0.1) is 0 Å². The molecule has 0 unspecified atom stereocenters. The zero-order chi connectivity index (χ0) is 11.9. The molecule has 2 rings (SSSR count). The van der Waals surface area contributed by atoms with E-state index in [1.54, 1.807) is 6.20 Å². The minimum absolute atomic E-state index is 0.496. The van der Waals surface area contributed by atoms with Crippen molar-refractivity contribution in [2.75, 3.05) is 18.5 Å². The quantitative estimate of drug-likeness (QED) is 0.739. The Morgan fingerprint density at radius 1 is 1.47 bits per heavy atom. The van der Waals surface area contributed by atoms with Gasteiger partial charge in [-0.1, -0.05) is 25.0 Å². The molecular weight excluding hydrogens is 216 g/mol. The number of nitrogens with one attached hydrogen (secondary N) is 1. The Morgan fingerprint density at radius 2 is 2.29 bits per heavy atom. The Labute approximate surface area is 103 Å². The summed E-state index contributed by atoms with van der Waals surface area (Å²) >= 11 is 0. The first-order valence-electron chi connectivity index (χ1n) is 6.64. The standard InChI is InChI=1S/C12H22N4O/c1-2-8-16-12(10-14-15-16)13-7-9-17-11-5-3-4-6-11/h10-11,13H,2-9H2,1H3. The number of rotatable bonds is 7. The fourth-order valence-electron chi connectivity index (χ4n) is 2.23. The van der Waals surface area contributed by atoms with Crippen molar-refractivity contribution in [3.05, 3.63) is 6.20 Å². The summed E-state index contributed by atoms with van der Waals surface area (Å²) in [6, 6.07) is 0. The van der Waals surface area contributed by atoms with Crippen LogP contribution in [0.5, 0.6) is 0 Å². The predicted octanol–water partition coefficient (Wildman–Crippen LogP) is 2.06. The van der Waals surface area contributed by atoms with E-state index in [2.05, 4.69) is 22.6 Å². The van der Waals surface area contributed by atoms with Gasteiger partial charge < -0.3 is 10.1 Å². The minimum atomic E-state index is 0.496. The maximum Gasteiger partial charge on any atom is 0.144 e. The van der Waals surface area contributed by atoms with Gasteiger partial charge in [-0.3, -0.25) is 0 Å². The van der Waals surface area contributed by atoms with Crippen LogP contribution in [0.4, 0.5) is 5.82 Å². The van der Waals surface area contributed by atoms with Gasteiger partial charge in [0, 0.05) is 13.1 Å². The van der Waals surface area contributed by atoms with Crippen LogP contribution in [-0.4, -0.2) is 34.2 Å². The van der Waals surface area contributed by atoms with E-state index in [9.17, 15) is 0 Å². The Balaban J connectivity index is 1.65. The van der Waals surface area contributed by atoms with Gasteiger partial charge in [-0.2, -0.15) is 0 Å². The van der Waals surface area contributed by atoms with Crippen LogP contribution < -0.4 is 5.32 Å². The highest BCUT2D eigenvalue weighted by atomic mass is 16.5. The highest BCUT2D eigenvalue weighted by Crippen LogP contribution is 2.20. The van der Waals surface area contributed by atoms with Crippen LogP contribution in [-0.2, 0) is 11.3 Å². The minimum Gasteiger partial charge on any atom is -0.376 e. The molecule has 1 aliphatic carbocycles. The van der Waals surface area contributed by atoms with Gasteiger partial charge in [0.05, 0.1) is 18.9 Å². The van der Waals surface area contributed by atoms with Crippen molar-refractivity contribution >= 4 is 5.82 Å². The number of aromatic nitrogens is 3. The Kier molecular flexibility index (Phi) is 4.79. The van der Waals surface area contributed by atoms with Crippen LogP contribution in [0.2, 0.25) is 0 Å². The third-order valence-electron chi connectivity index (χ3n) is 3.12. The molecule has 1 aromatic heterocycles. The summed E-state index contributed by atoms with van der Waals surface area (Å²) in [6.45, 7) is 4.63. The van der Waals surface area contributed by atoms with Crippen LogP contribution >= 0.6 is 0 Å². The smallest absolute Gasteiger partial charge is 0.144 e. The first-order chi connectivity index (χ1) is 8.40. The van der Waals surface area contributed by atoms with E-state index in [4.69, 9.17) is 4.74 Å². The van der Waals surface area contributed by atoms with E-state index < -0.39 is 0 Å². The summed E-state index contributed by atoms with van der Waals surface area (Å²) in [7, 11) is 0. The molecule has 1 saturated carbocycles. The van der Waals surface area contributed by atoms with E-state index in [1.807, 2.05) is 4.68 Å². The number of ether oxygens (including phenoxy) is 1. The van der Waals surface area contributed by atoms with Gasteiger partial charge in [0.1, 0.15) is 5.82 Å². The molecule has 5 nitrogen and oxygen atoms in total. The summed E-state index contributed by atoms with van der Waals surface area (Å²) in [5.74, 6) is 0.988. The first-order valence-corrected chi connectivity index (χ1v) is 6.64. The lowest BCUT2D eigenvalue weighted by Crippen LogP contribution is -2.17. The lowest BCUT2D eigenvalue weighted by atomic mass is 10.3. The summed E-state index contributed by atoms with van der Waals surface area (Å²) in [5.41, 5.74) is 0. The molecule has 0 aliphatic heterocycles. The van der Waals surface area contributed by atoms with E-state index in [-0.39, 0.29) is 0 Å². The normalized spacial score (nSPS) is 16.5. The molecule has 1 N–H and O–H groups in total.